The third-order valence-electron chi connectivity index (χ3n) is 2.04. The van der Waals surface area contributed by atoms with Crippen LogP contribution in [0.5, 0.6) is 0 Å². The van der Waals surface area contributed by atoms with Crippen LogP contribution in [0, 0.1) is 6.92 Å². The van der Waals surface area contributed by atoms with Gasteiger partial charge in [0.2, 0.25) is 0 Å². The van der Waals surface area contributed by atoms with Gasteiger partial charge in [-0.05, 0) is 6.92 Å². The summed E-state index contributed by atoms with van der Waals surface area (Å²) >= 11 is 3.38. The van der Waals surface area contributed by atoms with Crippen LogP contribution in [-0.2, 0) is 13.6 Å². The number of aryl methyl sites for hydroxylation is 1. The Balaban J connectivity index is 3.37. The van der Waals surface area contributed by atoms with Gasteiger partial charge in [-0.15, -0.1) is 0 Å². The highest BCUT2D eigenvalue weighted by molar-refractivity contribution is 9.09. The van der Waals surface area contributed by atoms with Crippen LogP contribution in [-0.4, -0.2) is 14.0 Å². The minimum absolute atomic E-state index is 0.205. The average molecular weight is 261 g/mol. The van der Waals surface area contributed by atoms with Crippen molar-refractivity contribution < 1.29 is 0 Å². The average Bonchev–Trinajstić information content (AvgIpc) is 2.09. The molecule has 0 aliphatic rings. The maximum Gasteiger partial charge on any atom is 0.330 e. The van der Waals surface area contributed by atoms with Crippen molar-refractivity contribution in [3.05, 3.63) is 32.6 Å². The van der Waals surface area contributed by atoms with E-state index in [9.17, 15) is 9.59 Å². The molecule has 0 fully saturated rings. The first-order valence-corrected chi connectivity index (χ1v) is 5.26. The molecule has 0 unspecified atom stereocenters. The van der Waals surface area contributed by atoms with E-state index in [1.807, 2.05) is 6.92 Å². The van der Waals surface area contributed by atoms with Gasteiger partial charge in [0, 0.05) is 30.2 Å². The summed E-state index contributed by atoms with van der Waals surface area (Å²) in [4.78, 5) is 23.1. The molecule has 5 heteroatoms. The predicted octanol–water partition coefficient (Wildman–Crippen LogP) is 0.639. The first kappa shape index (κ1) is 11.2. The van der Waals surface area contributed by atoms with Crippen molar-refractivity contribution in [2.75, 3.05) is 0 Å². The molecule has 14 heavy (non-hydrogen) atoms. The van der Waals surface area contributed by atoms with Crippen molar-refractivity contribution >= 4 is 15.9 Å². The maximum absolute atomic E-state index is 11.7. The lowest BCUT2D eigenvalue weighted by molar-refractivity contribution is 0.584. The Labute approximate surface area is 90.3 Å². The molecule has 0 amide bonds. The molecule has 0 radical (unpaired) electrons. The van der Waals surface area contributed by atoms with Crippen molar-refractivity contribution in [2.45, 2.75) is 25.2 Å². The lowest BCUT2D eigenvalue weighted by atomic mass is 10.4. The van der Waals surface area contributed by atoms with E-state index in [0.29, 0.717) is 12.2 Å². The van der Waals surface area contributed by atoms with Crippen LogP contribution in [0.15, 0.2) is 15.7 Å². The molecule has 0 spiro atoms. The summed E-state index contributed by atoms with van der Waals surface area (Å²) in [7, 11) is 1.49. The summed E-state index contributed by atoms with van der Waals surface area (Å²) in [6.45, 7) is 4.29. The summed E-state index contributed by atoms with van der Waals surface area (Å²) in [6, 6.07) is 1.47. The van der Waals surface area contributed by atoms with Gasteiger partial charge in [0.15, 0.2) is 0 Å². The number of nitrogens with zero attached hydrogens (tertiary/aromatic N) is 2. The first-order chi connectivity index (χ1) is 6.43. The zero-order chi connectivity index (χ0) is 10.9. The standard InChI is InChI=1S/C9H13BrN2O2/c1-6(10)5-12-7(2)4-8(13)11(3)9(12)14/h4,6H,5H2,1-3H3/t6-/m0/s1. The lowest BCUT2D eigenvalue weighted by Gasteiger charge is -2.11. The molecule has 1 aromatic rings. The minimum atomic E-state index is -0.263. The third kappa shape index (κ3) is 2.15. The molecule has 0 N–H and O–H groups in total. The van der Waals surface area contributed by atoms with Gasteiger partial charge >= 0.3 is 5.69 Å². The van der Waals surface area contributed by atoms with E-state index in [1.54, 1.807) is 11.5 Å². The summed E-state index contributed by atoms with van der Waals surface area (Å²) in [5.41, 5.74) is 0.177. The Kier molecular flexibility index (Phi) is 3.31. The van der Waals surface area contributed by atoms with Gasteiger partial charge in [-0.1, -0.05) is 22.9 Å². The fourth-order valence-corrected chi connectivity index (χ4v) is 1.54. The van der Waals surface area contributed by atoms with Crippen LogP contribution in [0.25, 0.3) is 0 Å². The second-order valence-electron chi connectivity index (χ2n) is 3.36. The Morgan fingerprint density at radius 2 is 2.07 bits per heavy atom. The Morgan fingerprint density at radius 3 is 2.57 bits per heavy atom. The van der Waals surface area contributed by atoms with Crippen molar-refractivity contribution in [1.29, 1.82) is 0 Å². The number of aromatic nitrogens is 2. The highest BCUT2D eigenvalue weighted by Crippen LogP contribution is 2.01. The third-order valence-corrected chi connectivity index (χ3v) is 2.33. The second kappa shape index (κ2) is 4.13. The second-order valence-corrected chi connectivity index (χ2v) is 4.92. The molecule has 1 aromatic heterocycles. The summed E-state index contributed by atoms with van der Waals surface area (Å²) < 4.78 is 2.70. The van der Waals surface area contributed by atoms with E-state index in [4.69, 9.17) is 0 Å². The van der Waals surface area contributed by atoms with Gasteiger partial charge in [0.05, 0.1) is 0 Å². The molecular weight excluding hydrogens is 248 g/mol. The van der Waals surface area contributed by atoms with E-state index in [-0.39, 0.29) is 16.1 Å². The van der Waals surface area contributed by atoms with Gasteiger partial charge in [-0.2, -0.15) is 0 Å². The monoisotopic (exact) mass is 260 g/mol. The van der Waals surface area contributed by atoms with Gasteiger partial charge in [0.1, 0.15) is 0 Å². The summed E-state index contributed by atoms with van der Waals surface area (Å²) in [6.07, 6.45) is 0. The summed E-state index contributed by atoms with van der Waals surface area (Å²) in [5, 5.41) is 0. The topological polar surface area (TPSA) is 44.0 Å². The molecule has 78 valence electrons. The molecule has 0 saturated heterocycles. The van der Waals surface area contributed by atoms with Gasteiger partial charge in [-0.3, -0.25) is 13.9 Å². The Bertz CT molecular complexity index is 445. The fraction of sp³-hybridized carbons (Fsp3) is 0.556. The van der Waals surface area contributed by atoms with Crippen molar-refractivity contribution in [3.63, 3.8) is 0 Å². The minimum Gasteiger partial charge on any atom is -0.297 e. The SMILES string of the molecule is Cc1cc(=O)n(C)c(=O)n1C[C@H](C)Br. The Morgan fingerprint density at radius 1 is 1.50 bits per heavy atom. The number of alkyl halides is 1. The normalized spacial score (nSPS) is 12.9. The van der Waals surface area contributed by atoms with Crippen molar-refractivity contribution in [1.82, 2.24) is 9.13 Å². The van der Waals surface area contributed by atoms with Crippen molar-refractivity contribution in [3.8, 4) is 0 Å². The smallest absolute Gasteiger partial charge is 0.297 e. The Hall–Kier alpha value is -0.840. The van der Waals surface area contributed by atoms with Crippen LogP contribution >= 0.6 is 15.9 Å². The maximum atomic E-state index is 11.7. The predicted molar refractivity (Wildman–Crippen MR) is 59.1 cm³/mol. The van der Waals surface area contributed by atoms with Crippen LogP contribution < -0.4 is 11.2 Å². The van der Waals surface area contributed by atoms with E-state index >= 15 is 0 Å². The molecule has 0 bridgehead atoms. The molecular formula is C9H13BrN2O2. The first-order valence-electron chi connectivity index (χ1n) is 4.35. The van der Waals surface area contributed by atoms with Crippen LogP contribution in [0.4, 0.5) is 0 Å². The van der Waals surface area contributed by atoms with Crippen LogP contribution in [0.3, 0.4) is 0 Å². The molecule has 0 aliphatic heterocycles. The largest absolute Gasteiger partial charge is 0.330 e. The number of hydrogen-bond donors (Lipinski definition) is 0. The highest BCUT2D eigenvalue weighted by atomic mass is 79.9. The number of rotatable bonds is 2. The van der Waals surface area contributed by atoms with Gasteiger partial charge < -0.3 is 0 Å². The molecule has 1 atom stereocenters. The van der Waals surface area contributed by atoms with E-state index < -0.39 is 0 Å². The van der Waals surface area contributed by atoms with Crippen LogP contribution in [0.1, 0.15) is 12.6 Å². The quantitative estimate of drug-likeness (QED) is 0.733. The zero-order valence-corrected chi connectivity index (χ0v) is 10.0. The molecule has 1 rings (SSSR count). The zero-order valence-electron chi connectivity index (χ0n) is 8.45. The van der Waals surface area contributed by atoms with Gasteiger partial charge in [-0.25, -0.2) is 4.79 Å². The molecule has 4 nitrogen and oxygen atoms in total. The fourth-order valence-electron chi connectivity index (χ4n) is 1.25. The summed E-state index contributed by atoms with van der Waals surface area (Å²) in [5.74, 6) is 0. The molecule has 0 saturated carbocycles. The molecule has 0 aromatic carbocycles. The number of hydrogen-bond acceptors (Lipinski definition) is 2. The van der Waals surface area contributed by atoms with E-state index in [2.05, 4.69) is 15.9 Å². The highest BCUT2D eigenvalue weighted by Gasteiger charge is 2.07. The van der Waals surface area contributed by atoms with Crippen molar-refractivity contribution in [2.24, 2.45) is 7.05 Å². The lowest BCUT2D eigenvalue weighted by Crippen LogP contribution is -2.39. The van der Waals surface area contributed by atoms with E-state index in [0.717, 1.165) is 4.57 Å². The number of halogens is 1. The van der Waals surface area contributed by atoms with Crippen LogP contribution in [0.2, 0.25) is 0 Å². The molecule has 1 heterocycles. The van der Waals surface area contributed by atoms with E-state index in [1.165, 1.54) is 13.1 Å². The molecule has 0 aliphatic carbocycles. The van der Waals surface area contributed by atoms with Gasteiger partial charge in [0.25, 0.3) is 5.56 Å².